The number of esters is 1. The summed E-state index contributed by atoms with van der Waals surface area (Å²) < 4.78 is 5.06. The van der Waals surface area contributed by atoms with Gasteiger partial charge in [0.25, 0.3) is 0 Å². The van der Waals surface area contributed by atoms with Crippen molar-refractivity contribution in [1.29, 1.82) is 0 Å². The van der Waals surface area contributed by atoms with Crippen molar-refractivity contribution in [2.75, 3.05) is 13.2 Å². The Morgan fingerprint density at radius 2 is 1.85 bits per heavy atom. The Kier molecular flexibility index (Phi) is 5.32. The van der Waals surface area contributed by atoms with Gasteiger partial charge >= 0.3 is 12.0 Å². The van der Waals surface area contributed by atoms with Crippen LogP contribution in [-0.2, 0) is 16.1 Å². The Morgan fingerprint density at radius 1 is 1.15 bits per heavy atom. The van der Waals surface area contributed by atoms with Crippen LogP contribution < -0.4 is 5.32 Å². The summed E-state index contributed by atoms with van der Waals surface area (Å²) in [6.07, 6.45) is 8.08. The maximum absolute atomic E-state index is 13.1. The fraction of sp³-hybridized carbons (Fsp3) is 0.667. The SMILES string of the molecule is CCOC(=O)CN(Cc1ccccn1)C(=O)NC1C2CC3CC(C2)CC1C3. The second kappa shape index (κ2) is 7.87. The zero-order chi connectivity index (χ0) is 18.8. The molecule has 0 radical (unpaired) electrons. The molecule has 146 valence electrons. The smallest absolute Gasteiger partial charge is 0.325 e. The van der Waals surface area contributed by atoms with E-state index in [0.717, 1.165) is 17.5 Å². The molecule has 0 saturated heterocycles. The van der Waals surface area contributed by atoms with Gasteiger partial charge in [0.1, 0.15) is 6.54 Å². The number of hydrogen-bond acceptors (Lipinski definition) is 4. The van der Waals surface area contributed by atoms with Gasteiger partial charge in [-0.05, 0) is 74.8 Å². The van der Waals surface area contributed by atoms with Crippen molar-refractivity contribution in [1.82, 2.24) is 15.2 Å². The van der Waals surface area contributed by atoms with Crippen LogP contribution in [0.4, 0.5) is 4.79 Å². The van der Waals surface area contributed by atoms with Crippen molar-refractivity contribution in [2.45, 2.75) is 51.6 Å². The van der Waals surface area contributed by atoms with Gasteiger partial charge in [-0.25, -0.2) is 4.79 Å². The number of carbonyl (C=O) groups excluding carboxylic acids is 2. The highest BCUT2D eigenvalue weighted by molar-refractivity contribution is 5.81. The first kappa shape index (κ1) is 18.3. The molecule has 6 heteroatoms. The van der Waals surface area contributed by atoms with Crippen molar-refractivity contribution >= 4 is 12.0 Å². The van der Waals surface area contributed by atoms with Gasteiger partial charge in [0.05, 0.1) is 18.8 Å². The Morgan fingerprint density at radius 3 is 2.44 bits per heavy atom. The van der Waals surface area contributed by atoms with E-state index in [4.69, 9.17) is 4.74 Å². The van der Waals surface area contributed by atoms with Crippen LogP contribution in [0.1, 0.15) is 44.7 Å². The molecule has 4 bridgehead atoms. The van der Waals surface area contributed by atoms with E-state index < -0.39 is 0 Å². The van der Waals surface area contributed by atoms with Gasteiger partial charge in [-0.1, -0.05) is 6.07 Å². The molecule has 1 heterocycles. The van der Waals surface area contributed by atoms with Crippen LogP contribution in [0.2, 0.25) is 0 Å². The van der Waals surface area contributed by atoms with Gasteiger partial charge in [0, 0.05) is 12.2 Å². The summed E-state index contributed by atoms with van der Waals surface area (Å²) in [5.41, 5.74) is 0.766. The minimum atomic E-state index is -0.381. The molecule has 4 saturated carbocycles. The van der Waals surface area contributed by atoms with Crippen molar-refractivity contribution in [3.63, 3.8) is 0 Å². The van der Waals surface area contributed by atoms with Crippen LogP contribution in [0, 0.1) is 23.7 Å². The molecule has 0 spiro atoms. The van der Waals surface area contributed by atoms with Crippen molar-refractivity contribution in [3.05, 3.63) is 30.1 Å². The van der Waals surface area contributed by atoms with E-state index in [-0.39, 0.29) is 24.6 Å². The number of hydrogen-bond donors (Lipinski definition) is 1. The summed E-state index contributed by atoms with van der Waals surface area (Å²) in [5.74, 6) is 2.55. The Balaban J connectivity index is 1.44. The third-order valence-electron chi connectivity index (χ3n) is 6.51. The van der Waals surface area contributed by atoms with Crippen LogP contribution in [0.25, 0.3) is 0 Å². The van der Waals surface area contributed by atoms with E-state index >= 15 is 0 Å². The fourth-order valence-electron chi connectivity index (χ4n) is 5.64. The molecule has 0 atom stereocenters. The molecule has 0 unspecified atom stereocenters. The number of pyridine rings is 1. The summed E-state index contributed by atoms with van der Waals surface area (Å²) >= 11 is 0. The molecule has 2 amide bonds. The topological polar surface area (TPSA) is 71.5 Å². The second-order valence-electron chi connectivity index (χ2n) is 8.39. The van der Waals surface area contributed by atoms with Gasteiger partial charge in [0.15, 0.2) is 0 Å². The van der Waals surface area contributed by atoms with E-state index in [1.807, 2.05) is 18.2 Å². The standard InChI is InChI=1S/C21H29N3O3/c1-2-27-19(25)13-24(12-18-5-3-4-6-22-18)21(26)23-20-16-8-14-7-15(10-16)11-17(20)9-14/h3-6,14-17,20H,2,7-13H2,1H3,(H,23,26). The van der Waals surface area contributed by atoms with E-state index in [1.165, 1.54) is 37.0 Å². The third kappa shape index (κ3) is 4.09. The first-order valence-electron chi connectivity index (χ1n) is 10.2. The van der Waals surface area contributed by atoms with Crippen LogP contribution in [-0.4, -0.2) is 41.1 Å². The zero-order valence-corrected chi connectivity index (χ0v) is 16.0. The van der Waals surface area contributed by atoms with Crippen LogP contribution in [0.5, 0.6) is 0 Å². The number of carbonyl (C=O) groups is 2. The highest BCUT2D eigenvalue weighted by atomic mass is 16.5. The lowest BCUT2D eigenvalue weighted by molar-refractivity contribution is -0.143. The molecular formula is C21H29N3O3. The molecule has 5 rings (SSSR count). The predicted octanol–water partition coefficient (Wildman–Crippen LogP) is 2.98. The van der Waals surface area contributed by atoms with Gasteiger partial charge in [0.2, 0.25) is 0 Å². The summed E-state index contributed by atoms with van der Waals surface area (Å²) in [4.78, 5) is 30.9. The quantitative estimate of drug-likeness (QED) is 0.781. The minimum Gasteiger partial charge on any atom is -0.465 e. The van der Waals surface area contributed by atoms with Gasteiger partial charge in [-0.15, -0.1) is 0 Å². The highest BCUT2D eigenvalue weighted by Crippen LogP contribution is 2.53. The van der Waals surface area contributed by atoms with E-state index in [2.05, 4.69) is 10.3 Å². The average molecular weight is 371 g/mol. The normalized spacial score (nSPS) is 30.8. The number of urea groups is 1. The monoisotopic (exact) mass is 371 g/mol. The number of aromatic nitrogens is 1. The largest absolute Gasteiger partial charge is 0.465 e. The molecule has 0 aromatic carbocycles. The molecule has 1 N–H and O–H groups in total. The highest BCUT2D eigenvalue weighted by Gasteiger charge is 2.48. The van der Waals surface area contributed by atoms with Crippen LogP contribution >= 0.6 is 0 Å². The van der Waals surface area contributed by atoms with E-state index in [9.17, 15) is 9.59 Å². The number of ether oxygens (including phenoxy) is 1. The lowest BCUT2D eigenvalue weighted by Gasteiger charge is -2.54. The Labute approximate surface area is 160 Å². The molecule has 4 aliphatic carbocycles. The predicted molar refractivity (Wildman–Crippen MR) is 101 cm³/mol. The first-order chi connectivity index (χ1) is 13.1. The molecular weight excluding hydrogens is 342 g/mol. The Hall–Kier alpha value is -2.11. The summed E-state index contributed by atoms with van der Waals surface area (Å²) in [7, 11) is 0. The lowest BCUT2D eigenvalue weighted by atomic mass is 9.54. The summed E-state index contributed by atoms with van der Waals surface area (Å²) in [6, 6.07) is 5.67. The van der Waals surface area contributed by atoms with Crippen LogP contribution in [0.3, 0.4) is 0 Å². The number of rotatable bonds is 6. The maximum atomic E-state index is 13.1. The van der Waals surface area contributed by atoms with E-state index in [0.29, 0.717) is 25.0 Å². The summed E-state index contributed by atoms with van der Waals surface area (Å²) in [5, 5.41) is 3.28. The lowest BCUT2D eigenvalue weighted by Crippen LogP contribution is -2.58. The molecule has 1 aromatic heterocycles. The van der Waals surface area contributed by atoms with Gasteiger partial charge in [-0.2, -0.15) is 0 Å². The molecule has 1 aromatic rings. The number of nitrogens with one attached hydrogen (secondary N) is 1. The van der Waals surface area contributed by atoms with Crippen molar-refractivity contribution < 1.29 is 14.3 Å². The second-order valence-corrected chi connectivity index (χ2v) is 8.39. The third-order valence-corrected chi connectivity index (χ3v) is 6.51. The average Bonchev–Trinajstić information content (AvgIpc) is 2.64. The van der Waals surface area contributed by atoms with Crippen molar-refractivity contribution in [2.24, 2.45) is 23.7 Å². The molecule has 4 fully saturated rings. The maximum Gasteiger partial charge on any atom is 0.325 e. The number of nitrogens with zero attached hydrogens (tertiary/aromatic N) is 2. The number of amides is 2. The van der Waals surface area contributed by atoms with Gasteiger partial charge < -0.3 is 15.0 Å². The molecule has 0 aliphatic heterocycles. The van der Waals surface area contributed by atoms with Crippen molar-refractivity contribution in [3.8, 4) is 0 Å². The fourth-order valence-corrected chi connectivity index (χ4v) is 5.64. The first-order valence-corrected chi connectivity index (χ1v) is 10.2. The molecule has 4 aliphatic rings. The van der Waals surface area contributed by atoms with Crippen LogP contribution in [0.15, 0.2) is 24.4 Å². The summed E-state index contributed by atoms with van der Waals surface area (Å²) in [6.45, 7) is 2.34. The minimum absolute atomic E-state index is 0.0520. The Bertz CT molecular complexity index is 651. The molecule has 6 nitrogen and oxygen atoms in total. The van der Waals surface area contributed by atoms with E-state index in [1.54, 1.807) is 13.1 Å². The van der Waals surface area contributed by atoms with Gasteiger partial charge in [-0.3, -0.25) is 9.78 Å². The molecule has 27 heavy (non-hydrogen) atoms. The zero-order valence-electron chi connectivity index (χ0n) is 16.0.